The molecule has 0 atom stereocenters. The fourth-order valence-corrected chi connectivity index (χ4v) is 4.95. The maximum atomic E-state index is 12.7. The Bertz CT molecular complexity index is 950. The van der Waals surface area contributed by atoms with Crippen molar-refractivity contribution in [2.24, 2.45) is 7.05 Å². The molecule has 1 aliphatic rings. The zero-order valence-corrected chi connectivity index (χ0v) is 17.2. The van der Waals surface area contributed by atoms with Crippen LogP contribution >= 0.6 is 22.9 Å². The van der Waals surface area contributed by atoms with Gasteiger partial charge in [-0.15, -0.1) is 0 Å². The average molecular weight is 404 g/mol. The fraction of sp³-hybridized carbons (Fsp3) is 0.421. The normalized spacial score (nSPS) is 15.5. The molecule has 27 heavy (non-hydrogen) atoms. The summed E-state index contributed by atoms with van der Waals surface area (Å²) in [4.78, 5) is 25.7. The number of carbonyl (C=O) groups excluding carboxylic acids is 1. The van der Waals surface area contributed by atoms with E-state index < -0.39 is 0 Å². The van der Waals surface area contributed by atoms with Crippen LogP contribution in [0.3, 0.4) is 0 Å². The van der Waals surface area contributed by atoms with Crippen molar-refractivity contribution in [1.82, 2.24) is 19.4 Å². The van der Waals surface area contributed by atoms with E-state index in [0.717, 1.165) is 51.9 Å². The van der Waals surface area contributed by atoms with Crippen LogP contribution in [0.5, 0.6) is 0 Å². The minimum atomic E-state index is 0.0239. The number of aromatic nitrogens is 3. The molecule has 4 rings (SSSR count). The molecule has 0 spiro atoms. The maximum Gasteiger partial charge on any atom is 0.272 e. The van der Waals surface area contributed by atoms with E-state index in [1.807, 2.05) is 31.1 Å². The molecule has 0 saturated carbocycles. The molecule has 0 N–H and O–H groups in total. The lowest BCUT2D eigenvalue weighted by molar-refractivity contribution is 0.0699. The van der Waals surface area contributed by atoms with Crippen LogP contribution in [0.25, 0.3) is 10.2 Å². The Morgan fingerprint density at radius 3 is 2.70 bits per heavy atom. The highest BCUT2D eigenvalue weighted by Gasteiger charge is 2.28. The van der Waals surface area contributed by atoms with Crippen molar-refractivity contribution in [2.45, 2.75) is 25.8 Å². The van der Waals surface area contributed by atoms with Gasteiger partial charge in [-0.25, -0.2) is 9.97 Å². The van der Waals surface area contributed by atoms with Gasteiger partial charge in [0.2, 0.25) is 0 Å². The first kappa shape index (κ1) is 18.3. The van der Waals surface area contributed by atoms with Crippen LogP contribution in [-0.4, -0.2) is 51.5 Å². The molecular weight excluding hydrogens is 382 g/mol. The quantitative estimate of drug-likeness (QED) is 0.668. The summed E-state index contributed by atoms with van der Waals surface area (Å²) in [5.74, 6) is 0.0239. The molecule has 2 aromatic heterocycles. The molecule has 1 aliphatic heterocycles. The molecule has 1 aromatic carbocycles. The molecule has 6 nitrogen and oxygen atoms in total. The number of piperidine rings is 1. The first-order valence-electron chi connectivity index (χ1n) is 8.99. The zero-order valence-electron chi connectivity index (χ0n) is 15.6. The number of nitrogens with zero attached hydrogens (tertiary/aromatic N) is 5. The van der Waals surface area contributed by atoms with Gasteiger partial charge in [-0.1, -0.05) is 29.0 Å². The van der Waals surface area contributed by atoms with Crippen LogP contribution in [0.1, 0.15) is 28.9 Å². The highest BCUT2D eigenvalue weighted by Crippen LogP contribution is 2.36. The second-order valence-corrected chi connectivity index (χ2v) is 8.45. The molecule has 0 aliphatic carbocycles. The number of aryl methyl sites for hydroxylation is 2. The molecular formula is C19H22ClN5OS. The summed E-state index contributed by atoms with van der Waals surface area (Å²) < 4.78 is 2.82. The SMILES string of the molecule is Cc1ccc(Cl)c2sc(N3CCC(N(C)C(=O)c4cncn4C)CC3)nc12. The van der Waals surface area contributed by atoms with Crippen molar-refractivity contribution in [3.8, 4) is 0 Å². The summed E-state index contributed by atoms with van der Waals surface area (Å²) in [7, 11) is 3.73. The van der Waals surface area contributed by atoms with Gasteiger partial charge in [0.1, 0.15) is 5.69 Å². The predicted octanol–water partition coefficient (Wildman–Crippen LogP) is 3.73. The molecule has 0 radical (unpaired) electrons. The van der Waals surface area contributed by atoms with Crippen molar-refractivity contribution in [3.05, 3.63) is 40.9 Å². The first-order valence-corrected chi connectivity index (χ1v) is 10.2. The lowest BCUT2D eigenvalue weighted by atomic mass is 10.0. The van der Waals surface area contributed by atoms with Gasteiger partial charge >= 0.3 is 0 Å². The Kier molecular flexibility index (Phi) is 4.82. The van der Waals surface area contributed by atoms with E-state index in [9.17, 15) is 4.79 Å². The summed E-state index contributed by atoms with van der Waals surface area (Å²) in [6, 6.07) is 4.18. The van der Waals surface area contributed by atoms with E-state index in [0.29, 0.717) is 5.69 Å². The molecule has 1 amide bonds. The van der Waals surface area contributed by atoms with Gasteiger partial charge in [0, 0.05) is 33.2 Å². The van der Waals surface area contributed by atoms with Crippen LogP contribution in [0.15, 0.2) is 24.7 Å². The Balaban J connectivity index is 1.46. The molecule has 1 saturated heterocycles. The number of rotatable bonds is 3. The highest BCUT2D eigenvalue weighted by molar-refractivity contribution is 7.22. The zero-order chi connectivity index (χ0) is 19.1. The summed E-state index contributed by atoms with van der Waals surface area (Å²) in [6.45, 7) is 3.82. The van der Waals surface area contributed by atoms with E-state index in [1.165, 1.54) is 0 Å². The van der Waals surface area contributed by atoms with Crippen LogP contribution in [0, 0.1) is 6.92 Å². The second kappa shape index (κ2) is 7.13. The molecule has 1 fully saturated rings. The van der Waals surface area contributed by atoms with Crippen LogP contribution in [-0.2, 0) is 7.05 Å². The minimum Gasteiger partial charge on any atom is -0.348 e. The highest BCUT2D eigenvalue weighted by atomic mass is 35.5. The standard InChI is InChI=1S/C19H22ClN5OS/c1-12-4-5-14(20)17-16(12)22-19(27-17)25-8-6-13(7-9-25)24(3)18(26)15-10-21-11-23(15)2/h4-5,10-11,13H,6-9H2,1-3H3. The van der Waals surface area contributed by atoms with Gasteiger partial charge in [0.05, 0.1) is 27.8 Å². The van der Waals surface area contributed by atoms with E-state index in [2.05, 4.69) is 16.8 Å². The summed E-state index contributed by atoms with van der Waals surface area (Å²) >= 11 is 7.99. The molecule has 0 bridgehead atoms. The number of benzene rings is 1. The number of anilines is 1. The number of halogens is 1. The third kappa shape index (κ3) is 3.30. The number of amides is 1. The van der Waals surface area contributed by atoms with E-state index in [-0.39, 0.29) is 11.9 Å². The van der Waals surface area contributed by atoms with Crippen molar-refractivity contribution < 1.29 is 4.79 Å². The van der Waals surface area contributed by atoms with Crippen LogP contribution < -0.4 is 4.90 Å². The fourth-order valence-electron chi connectivity index (χ4n) is 3.58. The topological polar surface area (TPSA) is 54.3 Å². The van der Waals surface area contributed by atoms with Crippen molar-refractivity contribution >= 4 is 44.2 Å². The summed E-state index contributed by atoms with van der Waals surface area (Å²) in [6.07, 6.45) is 5.12. The monoisotopic (exact) mass is 403 g/mol. The Hall–Kier alpha value is -2.12. The molecule has 3 heterocycles. The van der Waals surface area contributed by atoms with Crippen molar-refractivity contribution in [3.63, 3.8) is 0 Å². The number of hydrogen-bond acceptors (Lipinski definition) is 5. The summed E-state index contributed by atoms with van der Waals surface area (Å²) in [5.41, 5.74) is 2.76. The number of fused-ring (bicyclic) bond motifs is 1. The first-order chi connectivity index (χ1) is 13.0. The lowest BCUT2D eigenvalue weighted by Crippen LogP contribution is -2.46. The molecule has 8 heteroatoms. The average Bonchev–Trinajstić information content (AvgIpc) is 3.31. The van der Waals surface area contributed by atoms with Crippen LogP contribution in [0.4, 0.5) is 5.13 Å². The second-order valence-electron chi connectivity index (χ2n) is 7.06. The molecule has 142 valence electrons. The van der Waals surface area contributed by atoms with E-state index >= 15 is 0 Å². The van der Waals surface area contributed by atoms with Gasteiger partial charge in [0.15, 0.2) is 5.13 Å². The van der Waals surface area contributed by atoms with Gasteiger partial charge in [-0.3, -0.25) is 4.79 Å². The predicted molar refractivity (Wildman–Crippen MR) is 110 cm³/mol. The van der Waals surface area contributed by atoms with Crippen molar-refractivity contribution in [2.75, 3.05) is 25.0 Å². The van der Waals surface area contributed by atoms with E-state index in [4.69, 9.17) is 16.6 Å². The molecule has 3 aromatic rings. The van der Waals surface area contributed by atoms with E-state index in [1.54, 1.807) is 28.4 Å². The number of hydrogen-bond donors (Lipinski definition) is 0. The smallest absolute Gasteiger partial charge is 0.272 e. The summed E-state index contributed by atoms with van der Waals surface area (Å²) in [5, 5.41) is 1.77. The third-order valence-electron chi connectivity index (χ3n) is 5.32. The van der Waals surface area contributed by atoms with Gasteiger partial charge < -0.3 is 14.4 Å². The van der Waals surface area contributed by atoms with Crippen LogP contribution in [0.2, 0.25) is 5.02 Å². The van der Waals surface area contributed by atoms with Crippen molar-refractivity contribution in [1.29, 1.82) is 0 Å². The van der Waals surface area contributed by atoms with Gasteiger partial charge in [0.25, 0.3) is 5.91 Å². The number of imidazole rings is 1. The molecule has 0 unspecified atom stereocenters. The Labute approximate surface area is 167 Å². The maximum absolute atomic E-state index is 12.7. The third-order valence-corrected chi connectivity index (χ3v) is 6.90. The Morgan fingerprint density at radius 1 is 1.33 bits per heavy atom. The minimum absolute atomic E-state index is 0.0239. The number of carbonyl (C=O) groups is 1. The Morgan fingerprint density at radius 2 is 2.07 bits per heavy atom. The van der Waals surface area contributed by atoms with Gasteiger partial charge in [-0.2, -0.15) is 0 Å². The van der Waals surface area contributed by atoms with Gasteiger partial charge in [-0.05, 0) is 31.4 Å². The lowest BCUT2D eigenvalue weighted by Gasteiger charge is -2.36. The number of thiazole rings is 1. The largest absolute Gasteiger partial charge is 0.348 e.